The van der Waals surface area contributed by atoms with Crippen LogP contribution in [-0.2, 0) is 4.79 Å². The molecule has 0 aliphatic rings. The summed E-state index contributed by atoms with van der Waals surface area (Å²) in [6.45, 7) is 9.12. The number of hydrogen-bond acceptors (Lipinski definition) is 2. The van der Waals surface area contributed by atoms with E-state index in [1.807, 2.05) is 13.8 Å². The Labute approximate surface area is 107 Å². The van der Waals surface area contributed by atoms with Crippen molar-refractivity contribution >= 4 is 5.91 Å². The minimum atomic E-state index is -0.327. The van der Waals surface area contributed by atoms with Gasteiger partial charge in [-0.1, -0.05) is 32.6 Å². The number of unbranched alkanes of at least 4 members (excludes halogenated alkanes) is 3. The molecule has 0 aliphatic carbocycles. The van der Waals surface area contributed by atoms with Crippen LogP contribution in [0, 0.1) is 5.41 Å². The Morgan fingerprint density at radius 1 is 1.24 bits per heavy atom. The predicted octanol–water partition coefficient (Wildman–Crippen LogP) is 2.71. The van der Waals surface area contributed by atoms with Crippen molar-refractivity contribution in [3.8, 4) is 0 Å². The molecule has 0 aromatic rings. The van der Waals surface area contributed by atoms with Gasteiger partial charge in [0.05, 0.1) is 5.41 Å². The molecule has 0 rings (SSSR count). The van der Waals surface area contributed by atoms with Gasteiger partial charge in [0.15, 0.2) is 0 Å². The molecule has 0 aromatic heterocycles. The summed E-state index contributed by atoms with van der Waals surface area (Å²) in [5.74, 6) is 0.100. The summed E-state index contributed by atoms with van der Waals surface area (Å²) in [5.41, 5.74) is -0.327. The van der Waals surface area contributed by atoms with Gasteiger partial charge in [0.2, 0.25) is 5.91 Å². The van der Waals surface area contributed by atoms with Crippen LogP contribution < -0.4 is 10.6 Å². The number of hydrogen-bond donors (Lipinski definition) is 2. The molecule has 1 atom stereocenters. The molecule has 17 heavy (non-hydrogen) atoms. The quantitative estimate of drug-likeness (QED) is 0.610. The molecule has 3 heteroatoms. The number of amides is 1. The van der Waals surface area contributed by atoms with Crippen molar-refractivity contribution in [2.24, 2.45) is 5.41 Å². The van der Waals surface area contributed by atoms with E-state index in [1.165, 1.54) is 32.1 Å². The molecule has 0 radical (unpaired) electrons. The summed E-state index contributed by atoms with van der Waals surface area (Å²) < 4.78 is 0. The lowest BCUT2D eigenvalue weighted by Gasteiger charge is -2.25. The van der Waals surface area contributed by atoms with Crippen LogP contribution in [0.5, 0.6) is 0 Å². The first-order valence-corrected chi connectivity index (χ1v) is 6.89. The van der Waals surface area contributed by atoms with E-state index in [9.17, 15) is 4.79 Å². The molecule has 0 bridgehead atoms. The Morgan fingerprint density at radius 3 is 2.41 bits per heavy atom. The first-order valence-electron chi connectivity index (χ1n) is 6.89. The minimum Gasteiger partial charge on any atom is -0.359 e. The molecular formula is C14H30N2O. The maximum atomic E-state index is 11.6. The molecule has 0 spiro atoms. The SMILES string of the molecule is CCCCCCC(C)NCC(C)(C)C(=O)NC. The minimum absolute atomic E-state index is 0.100. The monoisotopic (exact) mass is 242 g/mol. The zero-order valence-corrected chi connectivity index (χ0v) is 12.2. The summed E-state index contributed by atoms with van der Waals surface area (Å²) in [6.07, 6.45) is 6.41. The lowest BCUT2D eigenvalue weighted by molar-refractivity contribution is -0.128. The third-order valence-electron chi connectivity index (χ3n) is 3.22. The summed E-state index contributed by atoms with van der Waals surface area (Å²) >= 11 is 0. The average Bonchev–Trinajstić information content (AvgIpc) is 2.31. The normalized spacial score (nSPS) is 13.5. The molecule has 0 fully saturated rings. The Hall–Kier alpha value is -0.570. The van der Waals surface area contributed by atoms with Gasteiger partial charge in [-0.15, -0.1) is 0 Å². The number of carbonyl (C=O) groups excluding carboxylic acids is 1. The highest BCUT2D eigenvalue weighted by Crippen LogP contribution is 2.14. The summed E-state index contributed by atoms with van der Waals surface area (Å²) in [6, 6.07) is 0.496. The van der Waals surface area contributed by atoms with Crippen molar-refractivity contribution in [3.63, 3.8) is 0 Å². The first kappa shape index (κ1) is 16.4. The number of nitrogens with one attached hydrogen (secondary N) is 2. The standard InChI is InChI=1S/C14H30N2O/c1-6-7-8-9-10-12(2)16-11-14(3,4)13(17)15-5/h12,16H,6-11H2,1-5H3,(H,15,17). The summed E-state index contributed by atoms with van der Waals surface area (Å²) in [5, 5.41) is 6.16. The van der Waals surface area contributed by atoms with Crippen molar-refractivity contribution < 1.29 is 4.79 Å². The van der Waals surface area contributed by atoms with E-state index in [-0.39, 0.29) is 11.3 Å². The zero-order chi connectivity index (χ0) is 13.3. The van der Waals surface area contributed by atoms with E-state index < -0.39 is 0 Å². The Balaban J connectivity index is 3.75. The highest BCUT2D eigenvalue weighted by Gasteiger charge is 2.26. The van der Waals surface area contributed by atoms with Crippen molar-refractivity contribution in [3.05, 3.63) is 0 Å². The molecule has 2 N–H and O–H groups in total. The molecule has 1 unspecified atom stereocenters. The van der Waals surface area contributed by atoms with E-state index >= 15 is 0 Å². The maximum Gasteiger partial charge on any atom is 0.226 e. The van der Waals surface area contributed by atoms with E-state index in [0.29, 0.717) is 6.04 Å². The van der Waals surface area contributed by atoms with Crippen LogP contribution >= 0.6 is 0 Å². The van der Waals surface area contributed by atoms with Gasteiger partial charge in [-0.2, -0.15) is 0 Å². The van der Waals surface area contributed by atoms with Crippen LogP contribution in [0.4, 0.5) is 0 Å². The summed E-state index contributed by atoms with van der Waals surface area (Å²) in [4.78, 5) is 11.6. The van der Waals surface area contributed by atoms with Crippen molar-refractivity contribution in [1.29, 1.82) is 0 Å². The fourth-order valence-electron chi connectivity index (χ4n) is 1.83. The van der Waals surface area contributed by atoms with Crippen LogP contribution in [0.1, 0.15) is 59.8 Å². The van der Waals surface area contributed by atoms with Gasteiger partial charge < -0.3 is 10.6 Å². The van der Waals surface area contributed by atoms with Crippen LogP contribution in [-0.4, -0.2) is 25.5 Å². The van der Waals surface area contributed by atoms with E-state index in [4.69, 9.17) is 0 Å². The number of carbonyl (C=O) groups is 1. The highest BCUT2D eigenvalue weighted by molar-refractivity contribution is 5.81. The van der Waals surface area contributed by atoms with Gasteiger partial charge in [-0.25, -0.2) is 0 Å². The predicted molar refractivity (Wildman–Crippen MR) is 74.1 cm³/mol. The Bertz CT molecular complexity index is 214. The molecule has 0 saturated carbocycles. The lowest BCUT2D eigenvalue weighted by Crippen LogP contribution is -2.44. The highest BCUT2D eigenvalue weighted by atomic mass is 16.2. The smallest absolute Gasteiger partial charge is 0.226 e. The second kappa shape index (κ2) is 8.51. The summed E-state index contributed by atoms with van der Waals surface area (Å²) in [7, 11) is 1.69. The molecule has 3 nitrogen and oxygen atoms in total. The van der Waals surface area contributed by atoms with Crippen LogP contribution in [0.2, 0.25) is 0 Å². The third-order valence-corrected chi connectivity index (χ3v) is 3.22. The van der Waals surface area contributed by atoms with Crippen LogP contribution in [0.25, 0.3) is 0 Å². The largest absolute Gasteiger partial charge is 0.359 e. The van der Waals surface area contributed by atoms with Crippen molar-refractivity contribution in [2.45, 2.75) is 65.8 Å². The van der Waals surface area contributed by atoms with Gasteiger partial charge in [0.25, 0.3) is 0 Å². The van der Waals surface area contributed by atoms with E-state index in [2.05, 4.69) is 24.5 Å². The van der Waals surface area contributed by atoms with Gasteiger partial charge in [-0.3, -0.25) is 4.79 Å². The fraction of sp³-hybridized carbons (Fsp3) is 0.929. The third kappa shape index (κ3) is 7.37. The van der Waals surface area contributed by atoms with Gasteiger partial charge >= 0.3 is 0 Å². The lowest BCUT2D eigenvalue weighted by atomic mass is 9.92. The van der Waals surface area contributed by atoms with Crippen molar-refractivity contribution in [1.82, 2.24) is 10.6 Å². The Kier molecular flexibility index (Phi) is 8.23. The van der Waals surface area contributed by atoms with Crippen LogP contribution in [0.15, 0.2) is 0 Å². The second-order valence-corrected chi connectivity index (χ2v) is 5.59. The fourth-order valence-corrected chi connectivity index (χ4v) is 1.83. The van der Waals surface area contributed by atoms with Gasteiger partial charge in [-0.05, 0) is 27.2 Å². The van der Waals surface area contributed by atoms with E-state index in [0.717, 1.165) is 6.54 Å². The first-order chi connectivity index (χ1) is 7.94. The zero-order valence-electron chi connectivity index (χ0n) is 12.2. The average molecular weight is 242 g/mol. The van der Waals surface area contributed by atoms with Crippen LogP contribution in [0.3, 0.4) is 0 Å². The Morgan fingerprint density at radius 2 is 1.88 bits per heavy atom. The van der Waals surface area contributed by atoms with Crippen molar-refractivity contribution in [2.75, 3.05) is 13.6 Å². The molecule has 102 valence electrons. The molecule has 0 heterocycles. The van der Waals surface area contributed by atoms with E-state index in [1.54, 1.807) is 7.05 Å². The second-order valence-electron chi connectivity index (χ2n) is 5.59. The molecule has 1 amide bonds. The number of rotatable bonds is 9. The topological polar surface area (TPSA) is 41.1 Å². The molecule has 0 aliphatic heterocycles. The maximum absolute atomic E-state index is 11.6. The van der Waals surface area contributed by atoms with Gasteiger partial charge in [0.1, 0.15) is 0 Å². The molecule has 0 aromatic carbocycles. The molecule has 0 saturated heterocycles. The van der Waals surface area contributed by atoms with Gasteiger partial charge in [0, 0.05) is 19.6 Å². The molecular weight excluding hydrogens is 212 g/mol.